The number of carboxylic acids is 1. The molecule has 1 N–H and O–H groups in total. The lowest BCUT2D eigenvalue weighted by Gasteiger charge is -1.99. The zero-order valence-corrected chi connectivity index (χ0v) is 7.38. The van der Waals surface area contributed by atoms with Gasteiger partial charge in [0.05, 0.1) is 5.71 Å². The normalized spacial score (nSPS) is 20.0. The Bertz CT molecular complexity index is 372. The highest BCUT2D eigenvalue weighted by molar-refractivity contribution is 6.03. The number of carboxylic acid groups (broad SMARTS) is 1. The summed E-state index contributed by atoms with van der Waals surface area (Å²) in [7, 11) is 0. The van der Waals surface area contributed by atoms with E-state index < -0.39 is 12.1 Å². The standard InChI is InChI=1S/C10H9NO3/c12-10(13)9-6-8(11-14-9)7-4-2-1-3-5-7/h1-5,9H,6H2,(H,12,13)/t9-/m0/s1. The number of oxime groups is 1. The molecular weight excluding hydrogens is 182 g/mol. The Kier molecular flexibility index (Phi) is 2.18. The molecule has 0 saturated carbocycles. The quantitative estimate of drug-likeness (QED) is 0.765. The number of hydrogen-bond acceptors (Lipinski definition) is 3. The van der Waals surface area contributed by atoms with E-state index in [1.54, 1.807) is 0 Å². The van der Waals surface area contributed by atoms with Crippen molar-refractivity contribution in [2.75, 3.05) is 0 Å². The summed E-state index contributed by atoms with van der Waals surface area (Å²) in [6, 6.07) is 9.42. The Morgan fingerprint density at radius 2 is 2.14 bits per heavy atom. The largest absolute Gasteiger partial charge is 0.478 e. The summed E-state index contributed by atoms with van der Waals surface area (Å²) in [5, 5.41) is 12.4. The van der Waals surface area contributed by atoms with E-state index in [4.69, 9.17) is 9.94 Å². The third kappa shape index (κ3) is 1.59. The fourth-order valence-corrected chi connectivity index (χ4v) is 1.31. The van der Waals surface area contributed by atoms with Crippen LogP contribution in [0.15, 0.2) is 35.5 Å². The van der Waals surface area contributed by atoms with Crippen molar-refractivity contribution in [2.45, 2.75) is 12.5 Å². The van der Waals surface area contributed by atoms with Crippen LogP contribution in [-0.2, 0) is 9.63 Å². The number of hydrogen-bond donors (Lipinski definition) is 1. The van der Waals surface area contributed by atoms with Gasteiger partial charge in [0.25, 0.3) is 0 Å². The summed E-state index contributed by atoms with van der Waals surface area (Å²) in [5.74, 6) is -0.973. The van der Waals surface area contributed by atoms with E-state index in [1.165, 1.54) is 0 Å². The number of benzene rings is 1. The van der Waals surface area contributed by atoms with Crippen molar-refractivity contribution in [1.82, 2.24) is 0 Å². The summed E-state index contributed by atoms with van der Waals surface area (Å²) in [6.07, 6.45) is -0.496. The van der Waals surface area contributed by atoms with Crippen molar-refractivity contribution < 1.29 is 14.7 Å². The van der Waals surface area contributed by atoms with Crippen LogP contribution < -0.4 is 0 Å². The van der Waals surface area contributed by atoms with E-state index in [0.29, 0.717) is 12.1 Å². The van der Waals surface area contributed by atoms with Gasteiger partial charge in [-0.1, -0.05) is 35.5 Å². The monoisotopic (exact) mass is 191 g/mol. The molecule has 72 valence electrons. The molecule has 1 aliphatic rings. The smallest absolute Gasteiger partial charge is 0.348 e. The first-order chi connectivity index (χ1) is 6.77. The fraction of sp³-hybridized carbons (Fsp3) is 0.200. The zero-order valence-electron chi connectivity index (χ0n) is 7.38. The summed E-state index contributed by atoms with van der Waals surface area (Å²) >= 11 is 0. The molecule has 2 rings (SSSR count). The molecule has 0 amide bonds. The van der Waals surface area contributed by atoms with Crippen LogP contribution in [0, 0.1) is 0 Å². The van der Waals surface area contributed by atoms with Gasteiger partial charge in [-0.2, -0.15) is 0 Å². The van der Waals surface area contributed by atoms with Crippen LogP contribution in [0.1, 0.15) is 12.0 Å². The molecular formula is C10H9NO3. The maximum absolute atomic E-state index is 10.6. The second-order valence-corrected chi connectivity index (χ2v) is 3.04. The van der Waals surface area contributed by atoms with Gasteiger partial charge >= 0.3 is 5.97 Å². The molecule has 0 fully saturated rings. The number of aliphatic carboxylic acids is 1. The van der Waals surface area contributed by atoms with Crippen molar-refractivity contribution in [3.8, 4) is 0 Å². The van der Waals surface area contributed by atoms with Gasteiger partial charge in [0.2, 0.25) is 6.10 Å². The Morgan fingerprint density at radius 3 is 2.71 bits per heavy atom. The van der Waals surface area contributed by atoms with Crippen molar-refractivity contribution in [1.29, 1.82) is 0 Å². The first kappa shape index (κ1) is 8.74. The van der Waals surface area contributed by atoms with Crippen LogP contribution in [0.4, 0.5) is 0 Å². The molecule has 14 heavy (non-hydrogen) atoms. The van der Waals surface area contributed by atoms with Gasteiger partial charge < -0.3 is 9.94 Å². The molecule has 0 spiro atoms. The zero-order chi connectivity index (χ0) is 9.97. The number of nitrogens with zero attached hydrogens (tertiary/aromatic N) is 1. The van der Waals surface area contributed by atoms with E-state index in [2.05, 4.69) is 5.16 Å². The van der Waals surface area contributed by atoms with Gasteiger partial charge in [-0.25, -0.2) is 4.79 Å². The lowest BCUT2D eigenvalue weighted by Crippen LogP contribution is -2.19. The van der Waals surface area contributed by atoms with E-state index in [9.17, 15) is 4.79 Å². The SMILES string of the molecule is O=C(O)[C@@H]1CC(c2ccccc2)=NO1. The van der Waals surface area contributed by atoms with Gasteiger partial charge in [0.1, 0.15) is 0 Å². The molecule has 1 heterocycles. The second-order valence-electron chi connectivity index (χ2n) is 3.04. The van der Waals surface area contributed by atoms with Gasteiger partial charge in [-0.15, -0.1) is 0 Å². The lowest BCUT2D eigenvalue weighted by atomic mass is 10.1. The van der Waals surface area contributed by atoms with Crippen molar-refractivity contribution in [3.05, 3.63) is 35.9 Å². The topological polar surface area (TPSA) is 58.9 Å². The van der Waals surface area contributed by atoms with Crippen molar-refractivity contribution >= 4 is 11.7 Å². The Hall–Kier alpha value is -1.84. The number of rotatable bonds is 2. The molecule has 1 aliphatic heterocycles. The van der Waals surface area contributed by atoms with Gasteiger partial charge in [0, 0.05) is 6.42 Å². The van der Waals surface area contributed by atoms with E-state index in [-0.39, 0.29) is 0 Å². The van der Waals surface area contributed by atoms with Crippen molar-refractivity contribution in [3.63, 3.8) is 0 Å². The first-order valence-electron chi connectivity index (χ1n) is 4.28. The van der Waals surface area contributed by atoms with Crippen molar-refractivity contribution in [2.24, 2.45) is 5.16 Å². The minimum absolute atomic E-state index is 0.333. The molecule has 4 heteroatoms. The molecule has 0 bridgehead atoms. The fourth-order valence-electron chi connectivity index (χ4n) is 1.31. The molecule has 0 aliphatic carbocycles. The summed E-state index contributed by atoms with van der Waals surface area (Å²) < 4.78 is 0. The molecule has 0 aromatic heterocycles. The lowest BCUT2D eigenvalue weighted by molar-refractivity contribution is -0.148. The highest BCUT2D eigenvalue weighted by Crippen LogP contribution is 2.16. The molecule has 0 saturated heterocycles. The van der Waals surface area contributed by atoms with Crippen LogP contribution in [-0.4, -0.2) is 22.9 Å². The van der Waals surface area contributed by atoms with E-state index in [1.807, 2.05) is 30.3 Å². The molecule has 0 radical (unpaired) electrons. The summed E-state index contributed by atoms with van der Waals surface area (Å²) in [6.45, 7) is 0. The predicted octanol–water partition coefficient (Wildman–Crippen LogP) is 1.26. The van der Waals surface area contributed by atoms with Crippen LogP contribution in [0.2, 0.25) is 0 Å². The Labute approximate surface area is 80.8 Å². The average Bonchev–Trinajstić information content (AvgIpc) is 2.68. The Morgan fingerprint density at radius 1 is 1.43 bits per heavy atom. The van der Waals surface area contributed by atoms with Crippen LogP contribution in [0.3, 0.4) is 0 Å². The molecule has 4 nitrogen and oxygen atoms in total. The highest BCUT2D eigenvalue weighted by Gasteiger charge is 2.27. The second kappa shape index (κ2) is 3.49. The Balaban J connectivity index is 2.13. The highest BCUT2D eigenvalue weighted by atomic mass is 16.7. The first-order valence-corrected chi connectivity index (χ1v) is 4.28. The molecule has 1 aromatic rings. The molecule has 0 unspecified atom stereocenters. The van der Waals surface area contributed by atoms with E-state index >= 15 is 0 Å². The van der Waals surface area contributed by atoms with E-state index in [0.717, 1.165) is 5.56 Å². The minimum Gasteiger partial charge on any atom is -0.478 e. The summed E-state index contributed by atoms with van der Waals surface area (Å²) in [4.78, 5) is 15.3. The van der Waals surface area contributed by atoms with Crippen LogP contribution in [0.25, 0.3) is 0 Å². The summed E-state index contributed by atoms with van der Waals surface area (Å²) in [5.41, 5.74) is 1.61. The van der Waals surface area contributed by atoms with Gasteiger partial charge in [0.15, 0.2) is 0 Å². The van der Waals surface area contributed by atoms with Crippen LogP contribution >= 0.6 is 0 Å². The molecule has 1 atom stereocenters. The predicted molar refractivity (Wildman–Crippen MR) is 50.1 cm³/mol. The minimum atomic E-state index is -0.973. The number of carbonyl (C=O) groups is 1. The third-order valence-corrected chi connectivity index (χ3v) is 2.05. The average molecular weight is 191 g/mol. The third-order valence-electron chi connectivity index (χ3n) is 2.05. The van der Waals surface area contributed by atoms with Gasteiger partial charge in [-0.3, -0.25) is 0 Å². The van der Waals surface area contributed by atoms with Crippen LogP contribution in [0.5, 0.6) is 0 Å². The maximum Gasteiger partial charge on any atom is 0.348 e. The maximum atomic E-state index is 10.6. The molecule has 1 aromatic carbocycles. The van der Waals surface area contributed by atoms with Gasteiger partial charge in [-0.05, 0) is 5.56 Å².